The third-order valence-electron chi connectivity index (χ3n) is 3.07. The molecule has 2 heterocycles. The fraction of sp³-hybridized carbons (Fsp3) is 0.133. The Kier molecular flexibility index (Phi) is 2.91. The number of fused-ring (bicyclic) bond motifs is 1. The van der Waals surface area contributed by atoms with Gasteiger partial charge < -0.3 is 9.30 Å². The van der Waals surface area contributed by atoms with Crippen LogP contribution in [0.5, 0.6) is 5.75 Å². The topological polar surface area (TPSA) is 27.1 Å². The molecule has 0 aliphatic rings. The summed E-state index contributed by atoms with van der Waals surface area (Å²) in [6.07, 6.45) is 5.22. The molecule has 0 spiro atoms. The Labute approximate surface area is 110 Å². The number of hydrogen-bond donors (Lipinski definition) is 0. The number of pyridine rings is 1. The quantitative estimate of drug-likeness (QED) is 0.719. The van der Waals surface area contributed by atoms with E-state index < -0.39 is 0 Å². The molecule has 3 rings (SSSR count). The van der Waals surface area contributed by atoms with Gasteiger partial charge in [0.05, 0.1) is 11.7 Å². The molecular formula is C15H13FN2O. The number of rotatable bonds is 3. The molecule has 96 valence electrons. The van der Waals surface area contributed by atoms with Gasteiger partial charge in [0.25, 0.3) is 0 Å². The fourth-order valence-corrected chi connectivity index (χ4v) is 2.20. The van der Waals surface area contributed by atoms with Gasteiger partial charge in [-0.3, -0.25) is 4.98 Å². The van der Waals surface area contributed by atoms with Crippen LogP contribution in [0.15, 0.2) is 48.9 Å². The third-order valence-corrected chi connectivity index (χ3v) is 3.07. The summed E-state index contributed by atoms with van der Waals surface area (Å²) in [7, 11) is 1.90. The highest BCUT2D eigenvalue weighted by molar-refractivity contribution is 5.84. The van der Waals surface area contributed by atoms with Crippen molar-refractivity contribution in [2.75, 3.05) is 0 Å². The highest BCUT2D eigenvalue weighted by Gasteiger charge is 2.11. The van der Waals surface area contributed by atoms with Gasteiger partial charge in [0, 0.05) is 30.4 Å². The summed E-state index contributed by atoms with van der Waals surface area (Å²) in [5.41, 5.74) is 1.70. The average molecular weight is 256 g/mol. The molecule has 0 saturated carbocycles. The number of benzene rings is 1. The molecule has 0 unspecified atom stereocenters. The number of nitrogens with zero attached hydrogens (tertiary/aromatic N) is 2. The number of halogens is 1. The molecule has 3 aromatic rings. The normalized spacial score (nSPS) is 10.8. The number of hydrogen-bond acceptors (Lipinski definition) is 2. The first-order valence-corrected chi connectivity index (χ1v) is 6.01. The Morgan fingerprint density at radius 2 is 2.16 bits per heavy atom. The van der Waals surface area contributed by atoms with E-state index in [4.69, 9.17) is 4.74 Å². The lowest BCUT2D eigenvalue weighted by atomic mass is 10.2. The predicted molar refractivity (Wildman–Crippen MR) is 71.4 cm³/mol. The van der Waals surface area contributed by atoms with Gasteiger partial charge in [0.15, 0.2) is 0 Å². The van der Waals surface area contributed by atoms with Crippen LogP contribution >= 0.6 is 0 Å². The Balaban J connectivity index is 1.93. The predicted octanol–water partition coefficient (Wildman–Crippen LogP) is 3.29. The van der Waals surface area contributed by atoms with Crippen LogP contribution in [-0.4, -0.2) is 9.55 Å². The van der Waals surface area contributed by atoms with Crippen LogP contribution in [0.2, 0.25) is 0 Å². The van der Waals surface area contributed by atoms with Crippen molar-refractivity contribution in [1.29, 1.82) is 0 Å². The summed E-state index contributed by atoms with van der Waals surface area (Å²) in [4.78, 5) is 3.98. The first kappa shape index (κ1) is 11.7. The van der Waals surface area contributed by atoms with Gasteiger partial charge in [0.1, 0.15) is 18.2 Å². The largest absolute Gasteiger partial charge is 0.487 e. The van der Waals surface area contributed by atoms with E-state index in [0.717, 1.165) is 11.1 Å². The van der Waals surface area contributed by atoms with E-state index in [1.807, 2.05) is 29.9 Å². The highest BCUT2D eigenvalue weighted by Crippen LogP contribution is 2.24. The molecule has 0 atom stereocenters. The minimum atomic E-state index is -0.220. The second-order valence-corrected chi connectivity index (χ2v) is 4.38. The van der Waals surface area contributed by atoms with Gasteiger partial charge >= 0.3 is 0 Å². The Morgan fingerprint density at radius 3 is 2.95 bits per heavy atom. The summed E-state index contributed by atoms with van der Waals surface area (Å²) >= 11 is 0. The zero-order valence-corrected chi connectivity index (χ0v) is 10.5. The second kappa shape index (κ2) is 4.72. The molecule has 0 amide bonds. The van der Waals surface area contributed by atoms with Gasteiger partial charge in [0.2, 0.25) is 0 Å². The van der Waals surface area contributed by atoms with Crippen molar-refractivity contribution in [1.82, 2.24) is 9.55 Å². The molecule has 0 aliphatic heterocycles. The minimum absolute atomic E-state index is 0.220. The van der Waals surface area contributed by atoms with Crippen molar-refractivity contribution in [3.05, 3.63) is 60.3 Å². The third kappa shape index (κ3) is 2.17. The zero-order valence-electron chi connectivity index (χ0n) is 10.5. The van der Waals surface area contributed by atoms with Gasteiger partial charge in [-0.25, -0.2) is 4.39 Å². The van der Waals surface area contributed by atoms with Gasteiger partial charge in [-0.2, -0.15) is 0 Å². The molecule has 0 saturated heterocycles. The minimum Gasteiger partial charge on any atom is -0.487 e. The molecule has 0 fully saturated rings. The SMILES string of the molecule is Cn1cc(COc2cccnc2)c2c(F)cccc21. The van der Waals surface area contributed by atoms with Crippen molar-refractivity contribution in [2.45, 2.75) is 6.61 Å². The summed E-state index contributed by atoms with van der Waals surface area (Å²) in [6.45, 7) is 0.323. The van der Waals surface area contributed by atoms with E-state index >= 15 is 0 Å². The van der Waals surface area contributed by atoms with Crippen molar-refractivity contribution < 1.29 is 9.13 Å². The number of aromatic nitrogens is 2. The van der Waals surface area contributed by atoms with Crippen LogP contribution in [0.3, 0.4) is 0 Å². The lowest BCUT2D eigenvalue weighted by Gasteiger charge is -2.04. The van der Waals surface area contributed by atoms with E-state index in [1.165, 1.54) is 6.07 Å². The zero-order chi connectivity index (χ0) is 13.2. The molecule has 1 aromatic carbocycles. The first-order valence-electron chi connectivity index (χ1n) is 6.01. The van der Waals surface area contributed by atoms with Crippen LogP contribution in [-0.2, 0) is 13.7 Å². The van der Waals surface area contributed by atoms with Gasteiger partial charge in [-0.05, 0) is 24.3 Å². The van der Waals surface area contributed by atoms with E-state index in [2.05, 4.69) is 4.98 Å². The van der Waals surface area contributed by atoms with E-state index in [-0.39, 0.29) is 5.82 Å². The van der Waals surface area contributed by atoms with Crippen LogP contribution < -0.4 is 4.74 Å². The lowest BCUT2D eigenvalue weighted by Crippen LogP contribution is -1.95. The van der Waals surface area contributed by atoms with Crippen molar-refractivity contribution in [2.24, 2.45) is 7.05 Å². The second-order valence-electron chi connectivity index (χ2n) is 4.38. The molecule has 3 nitrogen and oxygen atoms in total. The standard InChI is InChI=1S/C15H13FN2O/c1-18-9-11(10-19-12-4-3-7-17-8-12)15-13(16)5-2-6-14(15)18/h2-9H,10H2,1H3. The van der Waals surface area contributed by atoms with Crippen molar-refractivity contribution >= 4 is 10.9 Å². The van der Waals surface area contributed by atoms with E-state index in [1.54, 1.807) is 24.5 Å². The smallest absolute Gasteiger partial charge is 0.138 e. The van der Waals surface area contributed by atoms with Gasteiger partial charge in [-0.15, -0.1) is 0 Å². The maximum atomic E-state index is 13.9. The molecule has 0 radical (unpaired) electrons. The monoisotopic (exact) mass is 256 g/mol. The van der Waals surface area contributed by atoms with E-state index in [9.17, 15) is 4.39 Å². The summed E-state index contributed by atoms with van der Waals surface area (Å²) in [5, 5.41) is 0.619. The molecule has 0 bridgehead atoms. The maximum Gasteiger partial charge on any atom is 0.138 e. The Morgan fingerprint density at radius 1 is 1.26 bits per heavy atom. The van der Waals surface area contributed by atoms with Crippen LogP contribution in [0.1, 0.15) is 5.56 Å². The lowest BCUT2D eigenvalue weighted by molar-refractivity contribution is 0.306. The molecule has 0 aliphatic carbocycles. The molecule has 0 N–H and O–H groups in total. The highest BCUT2D eigenvalue weighted by atomic mass is 19.1. The maximum absolute atomic E-state index is 13.9. The van der Waals surface area contributed by atoms with Crippen LogP contribution in [0.25, 0.3) is 10.9 Å². The first-order chi connectivity index (χ1) is 9.25. The molecular weight excluding hydrogens is 243 g/mol. The van der Waals surface area contributed by atoms with Crippen molar-refractivity contribution in [3.8, 4) is 5.75 Å². The fourth-order valence-electron chi connectivity index (χ4n) is 2.20. The number of ether oxygens (including phenoxy) is 1. The van der Waals surface area contributed by atoms with Gasteiger partial charge in [-0.1, -0.05) is 6.07 Å². The number of aryl methyl sites for hydroxylation is 1. The summed E-state index contributed by atoms with van der Waals surface area (Å²) < 4.78 is 21.4. The molecule has 2 aromatic heterocycles. The molecule has 4 heteroatoms. The van der Waals surface area contributed by atoms with Crippen molar-refractivity contribution in [3.63, 3.8) is 0 Å². The van der Waals surface area contributed by atoms with Crippen LogP contribution in [0, 0.1) is 5.82 Å². The summed E-state index contributed by atoms with van der Waals surface area (Å²) in [6, 6.07) is 8.71. The average Bonchev–Trinajstić information content (AvgIpc) is 2.76. The Hall–Kier alpha value is -2.36. The van der Waals surface area contributed by atoms with E-state index in [0.29, 0.717) is 17.7 Å². The Bertz CT molecular complexity index is 707. The summed E-state index contributed by atoms with van der Waals surface area (Å²) in [5.74, 6) is 0.457. The van der Waals surface area contributed by atoms with Crippen LogP contribution in [0.4, 0.5) is 4.39 Å². The molecule has 19 heavy (non-hydrogen) atoms.